The lowest BCUT2D eigenvalue weighted by Crippen LogP contribution is -2.37. The first-order valence-electron chi connectivity index (χ1n) is 6.93. The Balaban J connectivity index is 1.68. The van der Waals surface area contributed by atoms with Gasteiger partial charge in [0, 0.05) is 26.7 Å². The molecular formula is C13H22N4O3. The van der Waals surface area contributed by atoms with Gasteiger partial charge >= 0.3 is 5.97 Å². The fourth-order valence-electron chi connectivity index (χ4n) is 2.31. The lowest BCUT2D eigenvalue weighted by atomic mass is 10.2. The number of rotatable bonds is 7. The van der Waals surface area contributed by atoms with Gasteiger partial charge in [-0.1, -0.05) is 0 Å². The minimum atomic E-state index is -0.928. The molecule has 112 valence electrons. The smallest absolute Gasteiger partial charge is 0.339 e. The van der Waals surface area contributed by atoms with Crippen LogP contribution in [0.5, 0.6) is 0 Å². The predicted molar refractivity (Wildman–Crippen MR) is 73.8 cm³/mol. The van der Waals surface area contributed by atoms with E-state index in [2.05, 4.69) is 15.3 Å². The first kappa shape index (κ1) is 15.0. The molecule has 0 aliphatic carbocycles. The lowest BCUT2D eigenvalue weighted by molar-refractivity contribution is 0.0374. The Morgan fingerprint density at radius 1 is 1.50 bits per heavy atom. The minimum Gasteiger partial charge on any atom is -0.478 e. The summed E-state index contributed by atoms with van der Waals surface area (Å²) in [5, 5.41) is 16.3. The van der Waals surface area contributed by atoms with Crippen molar-refractivity contribution in [2.45, 2.75) is 13.0 Å². The third kappa shape index (κ3) is 4.03. The summed E-state index contributed by atoms with van der Waals surface area (Å²) >= 11 is 0. The number of nitrogens with zero attached hydrogens (tertiary/aromatic N) is 3. The highest BCUT2D eigenvalue weighted by Crippen LogP contribution is 2.07. The van der Waals surface area contributed by atoms with Gasteiger partial charge in [-0.15, -0.1) is 0 Å². The van der Waals surface area contributed by atoms with Crippen LogP contribution < -0.4 is 5.32 Å². The standard InChI is InChI=1S/C13H22N4O3/c1-16-12(11(9-15-16)13(18)19)10-14-3-2-4-17-5-7-20-8-6-17/h9,14H,2-8,10H2,1H3,(H,18,19). The van der Waals surface area contributed by atoms with Crippen molar-refractivity contribution < 1.29 is 14.6 Å². The van der Waals surface area contributed by atoms with Gasteiger partial charge in [-0.3, -0.25) is 9.58 Å². The van der Waals surface area contributed by atoms with Crippen molar-refractivity contribution in [3.8, 4) is 0 Å². The van der Waals surface area contributed by atoms with Crippen molar-refractivity contribution in [2.75, 3.05) is 39.4 Å². The summed E-state index contributed by atoms with van der Waals surface area (Å²) in [4.78, 5) is 13.4. The van der Waals surface area contributed by atoms with E-state index in [0.717, 1.165) is 45.8 Å². The Hall–Kier alpha value is -1.44. The highest BCUT2D eigenvalue weighted by atomic mass is 16.5. The highest BCUT2D eigenvalue weighted by Gasteiger charge is 2.14. The van der Waals surface area contributed by atoms with Crippen LogP contribution in [0.4, 0.5) is 0 Å². The molecule has 2 N–H and O–H groups in total. The van der Waals surface area contributed by atoms with Gasteiger partial charge < -0.3 is 15.2 Å². The summed E-state index contributed by atoms with van der Waals surface area (Å²) in [7, 11) is 1.76. The topological polar surface area (TPSA) is 79.6 Å². The molecule has 0 bridgehead atoms. The second kappa shape index (κ2) is 7.37. The average Bonchev–Trinajstić information content (AvgIpc) is 2.81. The van der Waals surface area contributed by atoms with E-state index in [-0.39, 0.29) is 5.56 Å². The maximum atomic E-state index is 11.0. The van der Waals surface area contributed by atoms with Crippen LogP contribution in [0, 0.1) is 0 Å². The molecule has 1 aliphatic rings. The van der Waals surface area contributed by atoms with Crippen molar-refractivity contribution in [2.24, 2.45) is 7.05 Å². The number of carbonyl (C=O) groups is 1. The molecule has 1 saturated heterocycles. The van der Waals surface area contributed by atoms with Crippen LogP contribution in [0.25, 0.3) is 0 Å². The van der Waals surface area contributed by atoms with Gasteiger partial charge in [0.1, 0.15) is 5.56 Å². The molecule has 0 amide bonds. The molecule has 7 nitrogen and oxygen atoms in total. The monoisotopic (exact) mass is 282 g/mol. The van der Waals surface area contributed by atoms with E-state index in [4.69, 9.17) is 9.84 Å². The van der Waals surface area contributed by atoms with Gasteiger partial charge in [-0.25, -0.2) is 4.79 Å². The molecular weight excluding hydrogens is 260 g/mol. The van der Waals surface area contributed by atoms with Gasteiger partial charge in [0.2, 0.25) is 0 Å². The largest absolute Gasteiger partial charge is 0.478 e. The molecule has 1 fully saturated rings. The minimum absolute atomic E-state index is 0.271. The number of hydrogen-bond donors (Lipinski definition) is 2. The molecule has 2 rings (SSSR count). The molecule has 0 saturated carbocycles. The Bertz CT molecular complexity index is 441. The number of aromatic nitrogens is 2. The molecule has 1 aliphatic heterocycles. The molecule has 0 unspecified atom stereocenters. The van der Waals surface area contributed by atoms with Crippen LogP contribution in [0.15, 0.2) is 6.20 Å². The van der Waals surface area contributed by atoms with Crippen molar-refractivity contribution >= 4 is 5.97 Å². The Morgan fingerprint density at radius 2 is 2.25 bits per heavy atom. The molecule has 20 heavy (non-hydrogen) atoms. The summed E-state index contributed by atoms with van der Waals surface area (Å²) in [6.45, 7) is 6.10. The number of aromatic carboxylic acids is 1. The van der Waals surface area contributed by atoms with Crippen LogP contribution >= 0.6 is 0 Å². The normalized spacial score (nSPS) is 16.4. The van der Waals surface area contributed by atoms with Crippen molar-refractivity contribution in [1.29, 1.82) is 0 Å². The summed E-state index contributed by atoms with van der Waals surface area (Å²) in [5.74, 6) is -0.928. The van der Waals surface area contributed by atoms with Crippen molar-refractivity contribution in [1.82, 2.24) is 20.0 Å². The Morgan fingerprint density at radius 3 is 2.95 bits per heavy atom. The highest BCUT2D eigenvalue weighted by molar-refractivity contribution is 5.88. The van der Waals surface area contributed by atoms with E-state index < -0.39 is 5.97 Å². The van der Waals surface area contributed by atoms with Crippen molar-refractivity contribution in [3.05, 3.63) is 17.5 Å². The number of carboxylic acids is 1. The molecule has 0 spiro atoms. The molecule has 0 aromatic carbocycles. The summed E-state index contributed by atoms with van der Waals surface area (Å²) in [6.07, 6.45) is 2.44. The second-order valence-electron chi connectivity index (χ2n) is 4.92. The van der Waals surface area contributed by atoms with Crippen molar-refractivity contribution in [3.63, 3.8) is 0 Å². The van der Waals surface area contributed by atoms with E-state index in [9.17, 15) is 4.79 Å². The summed E-state index contributed by atoms with van der Waals surface area (Å²) < 4.78 is 6.91. The molecule has 2 heterocycles. The first-order valence-corrected chi connectivity index (χ1v) is 6.93. The second-order valence-corrected chi connectivity index (χ2v) is 4.92. The fraction of sp³-hybridized carbons (Fsp3) is 0.692. The lowest BCUT2D eigenvalue weighted by Gasteiger charge is -2.26. The number of carboxylic acid groups (broad SMARTS) is 1. The number of hydrogen-bond acceptors (Lipinski definition) is 5. The number of morpholine rings is 1. The molecule has 7 heteroatoms. The number of aryl methyl sites for hydroxylation is 1. The predicted octanol–water partition coefficient (Wildman–Crippen LogP) is -0.0698. The van der Waals surface area contributed by atoms with Crippen LogP contribution in [0.2, 0.25) is 0 Å². The van der Waals surface area contributed by atoms with Gasteiger partial charge in [0.05, 0.1) is 25.1 Å². The fourth-order valence-corrected chi connectivity index (χ4v) is 2.31. The zero-order valence-electron chi connectivity index (χ0n) is 11.8. The third-order valence-electron chi connectivity index (χ3n) is 3.52. The maximum Gasteiger partial charge on any atom is 0.339 e. The summed E-state index contributed by atoms with van der Waals surface area (Å²) in [5.41, 5.74) is 0.983. The number of nitrogens with one attached hydrogen (secondary N) is 1. The average molecular weight is 282 g/mol. The molecule has 1 aromatic rings. The van der Waals surface area contributed by atoms with Gasteiger partial charge in [-0.05, 0) is 19.5 Å². The zero-order valence-corrected chi connectivity index (χ0v) is 11.8. The van der Waals surface area contributed by atoms with E-state index >= 15 is 0 Å². The number of ether oxygens (including phenoxy) is 1. The Labute approximate surface area is 118 Å². The van der Waals surface area contributed by atoms with Gasteiger partial charge in [0.25, 0.3) is 0 Å². The molecule has 0 atom stereocenters. The SMILES string of the molecule is Cn1ncc(C(=O)O)c1CNCCCN1CCOCC1. The Kier molecular flexibility index (Phi) is 5.51. The molecule has 1 aromatic heterocycles. The van der Waals surface area contributed by atoms with Crippen LogP contribution in [0.1, 0.15) is 22.5 Å². The third-order valence-corrected chi connectivity index (χ3v) is 3.52. The maximum absolute atomic E-state index is 11.0. The van der Waals surface area contributed by atoms with Crippen LogP contribution in [0.3, 0.4) is 0 Å². The van der Waals surface area contributed by atoms with E-state index in [1.165, 1.54) is 6.20 Å². The van der Waals surface area contributed by atoms with E-state index in [1.54, 1.807) is 11.7 Å². The van der Waals surface area contributed by atoms with E-state index in [1.807, 2.05) is 0 Å². The van der Waals surface area contributed by atoms with Crippen LogP contribution in [-0.4, -0.2) is 65.1 Å². The van der Waals surface area contributed by atoms with E-state index in [0.29, 0.717) is 12.2 Å². The molecule has 0 radical (unpaired) electrons. The zero-order chi connectivity index (χ0) is 14.4. The summed E-state index contributed by atoms with van der Waals surface area (Å²) in [6, 6.07) is 0. The quantitative estimate of drug-likeness (QED) is 0.682. The van der Waals surface area contributed by atoms with Gasteiger partial charge in [-0.2, -0.15) is 5.10 Å². The van der Waals surface area contributed by atoms with Crippen LogP contribution in [-0.2, 0) is 18.3 Å². The first-order chi connectivity index (χ1) is 9.68. The van der Waals surface area contributed by atoms with Gasteiger partial charge in [0.15, 0.2) is 0 Å².